The first-order valence-electron chi connectivity index (χ1n) is 36.1. The summed E-state index contributed by atoms with van der Waals surface area (Å²) in [5.41, 5.74) is 28.0. The highest BCUT2D eigenvalue weighted by molar-refractivity contribution is 7.26. The topological polar surface area (TPSA) is 19.6 Å². The van der Waals surface area contributed by atoms with Crippen LogP contribution in [0.25, 0.3) is 142 Å². The Labute approximate surface area is 615 Å². The van der Waals surface area contributed by atoms with Crippen molar-refractivity contribution >= 4 is 109 Å². The van der Waals surface area contributed by atoms with E-state index in [0.29, 0.717) is 0 Å². The maximum absolute atomic E-state index is 6.82. The fourth-order valence-electron chi connectivity index (χ4n) is 16.2. The second-order valence-electron chi connectivity index (χ2n) is 27.8. The smallest absolute Gasteiger partial charge is 0.143 e. The molecule has 0 fully saturated rings. The van der Waals surface area contributed by atoms with E-state index >= 15 is 0 Å². The number of para-hydroxylation sites is 2. The summed E-state index contributed by atoms with van der Waals surface area (Å²) >= 11 is 1.87. The fraction of sp³-hybridized carbons (Fsp3) is 0.0297. The quantitative estimate of drug-likeness (QED) is 0.122. The van der Waals surface area contributed by atoms with Gasteiger partial charge in [0.05, 0.1) is 5.69 Å². The number of rotatable bonds is 12. The molecule has 0 bridgehead atoms. The third kappa shape index (κ3) is 11.3. The minimum absolute atomic E-state index is 0.0840. The molecule has 105 heavy (non-hydrogen) atoms. The van der Waals surface area contributed by atoms with Crippen molar-refractivity contribution in [3.63, 3.8) is 0 Å². The van der Waals surface area contributed by atoms with E-state index in [4.69, 9.17) is 4.42 Å². The highest BCUT2D eigenvalue weighted by Gasteiger charge is 2.36. The van der Waals surface area contributed by atoms with Crippen LogP contribution in [0, 0.1) is 0 Å². The van der Waals surface area contributed by atoms with Gasteiger partial charge in [0.1, 0.15) is 11.2 Å². The van der Waals surface area contributed by atoms with E-state index in [1.807, 2.05) is 17.4 Å². The number of furan rings is 1. The van der Waals surface area contributed by atoms with Crippen LogP contribution in [-0.2, 0) is 5.41 Å². The van der Waals surface area contributed by atoms with E-state index in [0.717, 1.165) is 78.3 Å². The molecule has 0 saturated carbocycles. The lowest BCUT2D eigenvalue weighted by atomic mass is 9.82. The molecule has 0 radical (unpaired) electrons. The third-order valence-electron chi connectivity index (χ3n) is 21.4. The minimum atomic E-state index is -0.0840. The molecule has 0 spiro atoms. The summed E-state index contributed by atoms with van der Waals surface area (Å²) in [6.07, 6.45) is 0. The molecule has 0 N–H and O–H groups in total. The lowest BCUT2D eigenvalue weighted by Crippen LogP contribution is -2.16. The van der Waals surface area contributed by atoms with Crippen LogP contribution in [-0.4, -0.2) is 0 Å². The summed E-state index contributed by atoms with van der Waals surface area (Å²) in [5.74, 6) is 0. The standard InChI is InChI=1S/C51H37NS.C50H33NO/c1-51(2)46-19-8-6-16-43(46)44-31-30-41(33-47(44)51)52(39-26-22-35(23-27-39)34-12-4-3-5-13-34)40-28-24-36(25-29-40)37-14-10-15-38(32-37)42-18-11-21-49-50(42)45-17-7-9-20-48(45)53-49;1-2-13-36(14-3-1)44-24-11-26-46-47-27-12-25-45(50(47)52-49(44)46)38-19-8-20-40(33-38)51(48-28-10-18-35-16-5-7-22-43(35)48)39-31-29-37(30-32-39)42-23-9-17-34-15-4-6-21-41(34)42/h3-33H,1-2H3;1-33H. The van der Waals surface area contributed by atoms with E-state index in [1.54, 1.807) is 0 Å². The first kappa shape index (κ1) is 62.9. The Morgan fingerprint density at radius 2 is 0.657 bits per heavy atom. The average Bonchev–Trinajstić information content (AvgIpc) is 1.48. The summed E-state index contributed by atoms with van der Waals surface area (Å²) < 4.78 is 9.48. The second kappa shape index (κ2) is 26.4. The van der Waals surface area contributed by atoms with Gasteiger partial charge in [-0.05, 0) is 179 Å². The molecule has 0 unspecified atom stereocenters. The van der Waals surface area contributed by atoms with Crippen LogP contribution in [0.5, 0.6) is 0 Å². The van der Waals surface area contributed by atoms with Gasteiger partial charge in [-0.25, -0.2) is 0 Å². The number of anilines is 6. The largest absolute Gasteiger partial charge is 0.455 e. The molecule has 1 aliphatic carbocycles. The molecule has 17 aromatic carbocycles. The van der Waals surface area contributed by atoms with Crippen LogP contribution in [0.4, 0.5) is 34.1 Å². The summed E-state index contributed by atoms with van der Waals surface area (Å²) in [4.78, 5) is 4.78. The molecule has 20 rings (SSSR count). The molecule has 0 amide bonds. The molecule has 0 aliphatic heterocycles. The van der Waals surface area contributed by atoms with E-state index in [9.17, 15) is 0 Å². The molecular weight excluding hydrogens is 1290 g/mol. The van der Waals surface area contributed by atoms with Crippen molar-refractivity contribution in [2.45, 2.75) is 19.3 Å². The number of hydrogen-bond donors (Lipinski definition) is 0. The van der Waals surface area contributed by atoms with E-state index in [2.05, 4.69) is 406 Å². The zero-order valence-corrected chi connectivity index (χ0v) is 59.0. The Morgan fingerprint density at radius 1 is 0.238 bits per heavy atom. The van der Waals surface area contributed by atoms with Gasteiger partial charge in [0, 0.05) is 81.3 Å². The summed E-state index contributed by atoms with van der Waals surface area (Å²) in [6, 6.07) is 141. The van der Waals surface area contributed by atoms with Gasteiger partial charge in [0.25, 0.3) is 0 Å². The number of fused-ring (bicyclic) bond motifs is 11. The van der Waals surface area contributed by atoms with Crippen molar-refractivity contribution in [3.05, 3.63) is 399 Å². The van der Waals surface area contributed by atoms with Crippen LogP contribution < -0.4 is 9.80 Å². The predicted molar refractivity (Wildman–Crippen MR) is 448 cm³/mol. The van der Waals surface area contributed by atoms with Crippen molar-refractivity contribution in [1.29, 1.82) is 0 Å². The Balaban J connectivity index is 0.000000144. The second-order valence-corrected chi connectivity index (χ2v) is 28.9. The first-order valence-corrected chi connectivity index (χ1v) is 36.9. The summed E-state index contributed by atoms with van der Waals surface area (Å²) in [5, 5.41) is 9.81. The van der Waals surface area contributed by atoms with Crippen molar-refractivity contribution in [3.8, 4) is 77.9 Å². The lowest BCUT2D eigenvalue weighted by molar-refractivity contribution is 0.660. The van der Waals surface area contributed by atoms with Gasteiger partial charge in [-0.15, -0.1) is 11.3 Å². The molecule has 2 aromatic heterocycles. The summed E-state index contributed by atoms with van der Waals surface area (Å²) in [7, 11) is 0. The third-order valence-corrected chi connectivity index (χ3v) is 22.5. The van der Waals surface area contributed by atoms with Crippen LogP contribution in [0.3, 0.4) is 0 Å². The minimum Gasteiger partial charge on any atom is -0.455 e. The van der Waals surface area contributed by atoms with Crippen molar-refractivity contribution in [2.24, 2.45) is 0 Å². The molecule has 0 saturated heterocycles. The van der Waals surface area contributed by atoms with Crippen LogP contribution >= 0.6 is 11.3 Å². The molecule has 3 nitrogen and oxygen atoms in total. The van der Waals surface area contributed by atoms with Gasteiger partial charge in [0.2, 0.25) is 0 Å². The van der Waals surface area contributed by atoms with E-state index in [1.165, 1.54) is 108 Å². The SMILES string of the molecule is CC1(C)c2ccccc2-c2ccc(N(c3ccc(-c4ccccc4)cc3)c3ccc(-c4cccc(-c5cccc6sc7ccccc7c56)c4)cc3)cc21.c1ccc(-c2cccc3c2oc2c(-c4cccc(N(c5ccc(-c6cccc7ccccc67)cc5)c5cccc6ccccc56)c4)cccc23)cc1. The van der Waals surface area contributed by atoms with Gasteiger partial charge < -0.3 is 14.2 Å². The van der Waals surface area contributed by atoms with Crippen LogP contribution in [0.1, 0.15) is 25.0 Å². The predicted octanol–water partition coefficient (Wildman–Crippen LogP) is 29.2. The summed E-state index contributed by atoms with van der Waals surface area (Å²) in [6.45, 7) is 4.70. The fourth-order valence-corrected chi connectivity index (χ4v) is 17.3. The highest BCUT2D eigenvalue weighted by Crippen LogP contribution is 2.52. The first-order chi connectivity index (χ1) is 51.8. The normalized spacial score (nSPS) is 12.2. The Bertz CT molecular complexity index is 6480. The number of benzene rings is 17. The maximum atomic E-state index is 6.82. The Morgan fingerprint density at radius 3 is 1.38 bits per heavy atom. The van der Waals surface area contributed by atoms with Gasteiger partial charge in [-0.2, -0.15) is 0 Å². The zero-order chi connectivity index (χ0) is 70.0. The molecule has 496 valence electrons. The van der Waals surface area contributed by atoms with Gasteiger partial charge in [0.15, 0.2) is 0 Å². The Hall–Kier alpha value is -13.1. The maximum Gasteiger partial charge on any atom is 0.143 e. The zero-order valence-electron chi connectivity index (χ0n) is 58.2. The van der Waals surface area contributed by atoms with Gasteiger partial charge in [-0.3, -0.25) is 0 Å². The molecule has 2 heterocycles. The van der Waals surface area contributed by atoms with Crippen molar-refractivity contribution in [1.82, 2.24) is 0 Å². The molecule has 19 aromatic rings. The molecule has 1 aliphatic rings. The van der Waals surface area contributed by atoms with Crippen molar-refractivity contribution < 1.29 is 4.42 Å². The number of hydrogen-bond acceptors (Lipinski definition) is 4. The highest BCUT2D eigenvalue weighted by atomic mass is 32.1. The monoisotopic (exact) mass is 1360 g/mol. The number of nitrogens with zero attached hydrogens (tertiary/aromatic N) is 2. The van der Waals surface area contributed by atoms with Crippen LogP contribution in [0.2, 0.25) is 0 Å². The Kier molecular flexibility index (Phi) is 15.8. The van der Waals surface area contributed by atoms with E-state index < -0.39 is 0 Å². The molecule has 0 atom stereocenters. The van der Waals surface area contributed by atoms with Gasteiger partial charge >= 0.3 is 0 Å². The number of thiophene rings is 1. The van der Waals surface area contributed by atoms with E-state index in [-0.39, 0.29) is 5.41 Å². The molecule has 4 heteroatoms. The van der Waals surface area contributed by atoms with Gasteiger partial charge in [-0.1, -0.05) is 317 Å². The van der Waals surface area contributed by atoms with Crippen molar-refractivity contribution in [2.75, 3.05) is 9.80 Å². The van der Waals surface area contributed by atoms with Crippen LogP contribution in [0.15, 0.2) is 393 Å². The lowest BCUT2D eigenvalue weighted by Gasteiger charge is -2.28. The molecular formula is C101H70N2OS. The average molecular weight is 1360 g/mol.